The first-order valence-electron chi connectivity index (χ1n) is 8.78. The van der Waals surface area contributed by atoms with Crippen LogP contribution in [0.3, 0.4) is 0 Å². The second-order valence-electron chi connectivity index (χ2n) is 6.33. The molecular formula is C23H16Cl2N2O2. The van der Waals surface area contributed by atoms with Crippen molar-refractivity contribution in [3.63, 3.8) is 0 Å². The smallest absolute Gasteiger partial charge is 0.211 e. The number of alkyl halides is 2. The molecule has 0 aliphatic heterocycles. The van der Waals surface area contributed by atoms with Crippen molar-refractivity contribution < 1.29 is 9.59 Å². The van der Waals surface area contributed by atoms with Crippen molar-refractivity contribution in [2.24, 2.45) is 9.98 Å². The summed E-state index contributed by atoms with van der Waals surface area (Å²) in [5.74, 6) is -0.938. The van der Waals surface area contributed by atoms with Crippen LogP contribution in [0.5, 0.6) is 0 Å². The largest absolute Gasteiger partial charge is 0.237 e. The van der Waals surface area contributed by atoms with Gasteiger partial charge in [-0.3, -0.25) is 0 Å². The summed E-state index contributed by atoms with van der Waals surface area (Å²) < 4.78 is 0. The molecule has 6 heteroatoms. The molecule has 3 aromatic rings. The van der Waals surface area contributed by atoms with E-state index in [9.17, 15) is 9.59 Å². The van der Waals surface area contributed by atoms with E-state index in [2.05, 4.69) is 9.98 Å². The summed E-state index contributed by atoms with van der Waals surface area (Å²) in [6.07, 6.45) is 3.13. The van der Waals surface area contributed by atoms with Crippen molar-refractivity contribution in [1.82, 2.24) is 0 Å². The molecule has 0 aliphatic rings. The van der Waals surface area contributed by atoms with Gasteiger partial charge in [-0.2, -0.15) is 9.98 Å². The first-order valence-corrected chi connectivity index (χ1v) is 9.53. The normalized spacial score (nSPS) is 15.7. The minimum absolute atomic E-state index is 0.515. The lowest BCUT2D eigenvalue weighted by Gasteiger charge is -2.40. The first kappa shape index (κ1) is 20.7. The third-order valence-electron chi connectivity index (χ3n) is 4.67. The minimum atomic E-state index is -1.68. The second-order valence-corrected chi connectivity index (χ2v) is 7.48. The Morgan fingerprint density at radius 1 is 0.621 bits per heavy atom. The Morgan fingerprint density at radius 2 is 0.966 bits per heavy atom. The average molecular weight is 423 g/mol. The summed E-state index contributed by atoms with van der Waals surface area (Å²) >= 11 is 14.1. The fraction of sp³-hybridized carbons (Fsp3) is 0.130. The first-order chi connectivity index (χ1) is 14.1. The van der Waals surface area contributed by atoms with E-state index in [1.165, 1.54) is 0 Å². The fourth-order valence-corrected chi connectivity index (χ4v) is 4.35. The van der Waals surface area contributed by atoms with Gasteiger partial charge in [-0.1, -0.05) is 114 Å². The number of hydrogen-bond donors (Lipinski definition) is 0. The summed E-state index contributed by atoms with van der Waals surface area (Å²) in [4.78, 5) is 27.4. The number of benzene rings is 3. The van der Waals surface area contributed by atoms with E-state index in [1.54, 1.807) is 72.8 Å². The lowest BCUT2D eigenvalue weighted by Crippen LogP contribution is -2.38. The Kier molecular flexibility index (Phi) is 6.43. The summed E-state index contributed by atoms with van der Waals surface area (Å²) in [6.45, 7) is 0. The van der Waals surface area contributed by atoms with Gasteiger partial charge in [-0.05, 0) is 16.7 Å². The third-order valence-corrected chi connectivity index (χ3v) is 5.71. The molecule has 0 fully saturated rings. The molecule has 0 heterocycles. The van der Waals surface area contributed by atoms with Gasteiger partial charge in [0.25, 0.3) is 0 Å². The van der Waals surface area contributed by atoms with E-state index in [1.807, 2.05) is 30.3 Å². The van der Waals surface area contributed by atoms with E-state index in [0.29, 0.717) is 16.7 Å². The van der Waals surface area contributed by atoms with Gasteiger partial charge < -0.3 is 0 Å². The minimum Gasteiger partial charge on any atom is -0.211 e. The maximum absolute atomic E-state index is 11.4. The number of halogens is 2. The molecule has 0 saturated heterocycles. The van der Waals surface area contributed by atoms with Crippen LogP contribution in [-0.2, 0) is 19.6 Å². The predicted octanol–water partition coefficient (Wildman–Crippen LogP) is 5.63. The molecule has 0 bridgehead atoms. The maximum Gasteiger partial charge on any atom is 0.237 e. The molecule has 0 saturated carbocycles. The quantitative estimate of drug-likeness (QED) is 0.214. The summed E-state index contributed by atoms with van der Waals surface area (Å²) in [6, 6.07) is 26.7. The monoisotopic (exact) mass is 422 g/mol. The molecule has 0 aliphatic carbocycles. The molecule has 2 atom stereocenters. The van der Waals surface area contributed by atoms with Crippen LogP contribution in [0.25, 0.3) is 0 Å². The van der Waals surface area contributed by atoms with Crippen LogP contribution in [0.1, 0.15) is 22.6 Å². The van der Waals surface area contributed by atoms with Gasteiger partial charge in [-0.25, -0.2) is 9.59 Å². The highest BCUT2D eigenvalue weighted by Crippen LogP contribution is 2.56. The van der Waals surface area contributed by atoms with Crippen LogP contribution in [0, 0.1) is 0 Å². The third kappa shape index (κ3) is 4.07. The maximum atomic E-state index is 11.4. The number of nitrogens with zero attached hydrogens (tertiary/aromatic N) is 2. The Labute approximate surface area is 178 Å². The molecule has 3 aromatic carbocycles. The predicted molar refractivity (Wildman–Crippen MR) is 113 cm³/mol. The zero-order valence-electron chi connectivity index (χ0n) is 15.2. The molecule has 0 radical (unpaired) electrons. The summed E-state index contributed by atoms with van der Waals surface area (Å²) in [5, 5.41) is 0. The molecule has 29 heavy (non-hydrogen) atoms. The fourth-order valence-electron chi connectivity index (χ4n) is 3.41. The lowest BCUT2D eigenvalue weighted by atomic mass is 9.78. The molecular weight excluding hydrogens is 407 g/mol. The number of hydrogen-bond acceptors (Lipinski definition) is 4. The highest BCUT2D eigenvalue weighted by molar-refractivity contribution is 6.28. The molecule has 0 N–H and O–H groups in total. The highest BCUT2D eigenvalue weighted by atomic mass is 35.5. The molecule has 3 rings (SSSR count). The Morgan fingerprint density at radius 3 is 1.31 bits per heavy atom. The van der Waals surface area contributed by atoms with Gasteiger partial charge in [0.05, 0.1) is 5.92 Å². The SMILES string of the molecule is O=C=NC(Cl)(c1ccccc1)C(c1ccccc1)C(Cl)(N=C=O)c1ccccc1. The number of aliphatic imine (C=N–C) groups is 2. The van der Waals surface area contributed by atoms with Crippen LogP contribution in [-0.4, -0.2) is 12.2 Å². The highest BCUT2D eigenvalue weighted by Gasteiger charge is 2.53. The van der Waals surface area contributed by atoms with E-state index >= 15 is 0 Å². The second kappa shape index (κ2) is 9.00. The van der Waals surface area contributed by atoms with Crippen molar-refractivity contribution in [1.29, 1.82) is 0 Å². The molecule has 4 nitrogen and oxygen atoms in total. The topological polar surface area (TPSA) is 58.9 Å². The van der Waals surface area contributed by atoms with Crippen molar-refractivity contribution in [2.75, 3.05) is 0 Å². The van der Waals surface area contributed by atoms with E-state index in [0.717, 1.165) is 0 Å². The van der Waals surface area contributed by atoms with Crippen LogP contribution < -0.4 is 0 Å². The summed E-state index contributed by atoms with van der Waals surface area (Å²) in [5.41, 5.74) is 1.67. The van der Waals surface area contributed by atoms with Crippen molar-refractivity contribution >= 4 is 35.4 Å². The van der Waals surface area contributed by atoms with Gasteiger partial charge in [0.15, 0.2) is 10.00 Å². The van der Waals surface area contributed by atoms with Crippen molar-refractivity contribution in [3.05, 3.63) is 108 Å². The van der Waals surface area contributed by atoms with Crippen LogP contribution in [0.4, 0.5) is 0 Å². The van der Waals surface area contributed by atoms with E-state index in [4.69, 9.17) is 23.2 Å². The van der Waals surface area contributed by atoms with Gasteiger partial charge in [0.1, 0.15) is 0 Å². The molecule has 0 amide bonds. The van der Waals surface area contributed by atoms with E-state index in [-0.39, 0.29) is 0 Å². The van der Waals surface area contributed by atoms with Crippen molar-refractivity contribution in [3.8, 4) is 0 Å². The summed E-state index contributed by atoms with van der Waals surface area (Å²) in [7, 11) is 0. The van der Waals surface area contributed by atoms with Crippen LogP contribution in [0.2, 0.25) is 0 Å². The molecule has 144 valence electrons. The standard InChI is InChI=1S/C23H16Cl2N2O2/c24-22(26-16-28,19-12-6-2-7-13-19)21(18-10-4-1-5-11-18)23(25,27-17-29)20-14-8-3-9-15-20/h1-15,21H. The zero-order valence-corrected chi connectivity index (χ0v) is 16.7. The van der Waals surface area contributed by atoms with Gasteiger partial charge >= 0.3 is 0 Å². The molecule has 0 spiro atoms. The number of isocyanates is 2. The Balaban J connectivity index is 2.38. The van der Waals surface area contributed by atoms with Crippen LogP contribution in [0.15, 0.2) is 101 Å². The Bertz CT molecular complexity index is 983. The number of carbonyl (C=O) groups excluding carboxylic acids is 2. The van der Waals surface area contributed by atoms with Gasteiger partial charge in [0.2, 0.25) is 12.2 Å². The zero-order chi connectivity index (χ0) is 20.7. The lowest BCUT2D eigenvalue weighted by molar-refractivity contribution is 0.384. The van der Waals surface area contributed by atoms with Gasteiger partial charge in [-0.15, -0.1) is 0 Å². The van der Waals surface area contributed by atoms with Crippen LogP contribution >= 0.6 is 23.2 Å². The molecule has 2 unspecified atom stereocenters. The van der Waals surface area contributed by atoms with Gasteiger partial charge in [0, 0.05) is 0 Å². The number of rotatable bonds is 7. The Hall–Kier alpha value is -3.00. The molecule has 0 aromatic heterocycles. The van der Waals surface area contributed by atoms with E-state index < -0.39 is 15.9 Å². The van der Waals surface area contributed by atoms with Crippen molar-refractivity contribution in [2.45, 2.75) is 15.9 Å². The average Bonchev–Trinajstić information content (AvgIpc) is 2.76.